The van der Waals surface area contributed by atoms with Crippen LogP contribution in [-0.2, 0) is 14.8 Å². The minimum absolute atomic E-state index is 0.00947. The second-order valence-electron chi connectivity index (χ2n) is 11.1. The van der Waals surface area contributed by atoms with Gasteiger partial charge in [-0.2, -0.15) is 0 Å². The molecule has 0 unspecified atom stereocenters. The van der Waals surface area contributed by atoms with Crippen molar-refractivity contribution in [3.05, 3.63) is 107 Å². The van der Waals surface area contributed by atoms with Crippen molar-refractivity contribution >= 4 is 32.4 Å². The van der Waals surface area contributed by atoms with E-state index >= 15 is 0 Å². The number of carbonyl (C=O) groups is 1. The van der Waals surface area contributed by atoms with Gasteiger partial charge in [0.15, 0.2) is 0 Å². The van der Waals surface area contributed by atoms with E-state index in [-0.39, 0.29) is 55.4 Å². The highest BCUT2D eigenvalue weighted by Gasteiger charge is 2.33. The molecule has 11 heteroatoms. The number of anilines is 1. The van der Waals surface area contributed by atoms with Gasteiger partial charge in [0, 0.05) is 46.4 Å². The summed E-state index contributed by atoms with van der Waals surface area (Å²) in [6.07, 6.45) is -5.76. The number of Topliss-reactive ketones (excluding diaryl/α,β-unsaturated/α-hetero) is 1. The van der Waals surface area contributed by atoms with Crippen LogP contribution in [0.4, 0.5) is 27.6 Å². The smallest absolute Gasteiger partial charge is 0.268 e. The van der Waals surface area contributed by atoms with Crippen LogP contribution in [0.2, 0.25) is 0 Å². The molecule has 1 aliphatic rings. The van der Waals surface area contributed by atoms with Gasteiger partial charge in [0.2, 0.25) is 0 Å². The Morgan fingerprint density at radius 3 is 2.18 bits per heavy atom. The summed E-state index contributed by atoms with van der Waals surface area (Å²) in [6, 6.07) is 18.7. The quantitative estimate of drug-likeness (QED) is 0.160. The van der Waals surface area contributed by atoms with E-state index in [4.69, 9.17) is 0 Å². The molecule has 232 valence electrons. The number of fused-ring (bicyclic) bond motifs is 1. The van der Waals surface area contributed by atoms with E-state index in [1.165, 1.54) is 25.1 Å². The average Bonchev–Trinajstić information content (AvgIpc) is 3.31. The second kappa shape index (κ2) is 11.4. The van der Waals surface area contributed by atoms with Crippen LogP contribution < -0.4 is 4.90 Å². The van der Waals surface area contributed by atoms with Gasteiger partial charge in [-0.15, -0.1) is 0 Å². The first-order chi connectivity index (χ1) is 21.4. The Balaban J connectivity index is 1.70. The van der Waals surface area contributed by atoms with Crippen molar-refractivity contribution in [2.45, 2.75) is 31.6 Å². The standard InChI is InChI=1S/C34H27F5N2O3S/c1-19-5-3-8-27(34(38)39)30(19)31-28-16-24(35)11-14-29(28)41(45(43,44)26-12-9-21(10-13-26)33(36)37)32(31)22-6-4-7-25(15-22)40-17-23(18-40)20(2)42/h3-16,23,33-34H,17-18H2,1-2H3. The molecule has 1 fully saturated rings. The number of benzene rings is 4. The fraction of sp³-hybridized carbons (Fsp3) is 0.206. The second-order valence-corrected chi connectivity index (χ2v) is 12.9. The van der Waals surface area contributed by atoms with Crippen molar-refractivity contribution in [1.82, 2.24) is 3.97 Å². The minimum Gasteiger partial charge on any atom is -0.370 e. The zero-order valence-electron chi connectivity index (χ0n) is 24.1. The molecule has 0 bridgehead atoms. The van der Waals surface area contributed by atoms with Gasteiger partial charge in [-0.05, 0) is 67.4 Å². The summed E-state index contributed by atoms with van der Waals surface area (Å²) in [7, 11) is -4.57. The molecule has 0 amide bonds. The van der Waals surface area contributed by atoms with Crippen molar-refractivity contribution in [1.29, 1.82) is 0 Å². The predicted octanol–water partition coefficient (Wildman–Crippen LogP) is 8.56. The zero-order valence-corrected chi connectivity index (χ0v) is 25.0. The molecule has 45 heavy (non-hydrogen) atoms. The molecule has 6 rings (SSSR count). The number of halogens is 5. The van der Waals surface area contributed by atoms with Crippen LogP contribution in [0.5, 0.6) is 0 Å². The molecule has 1 aromatic heterocycles. The molecule has 1 saturated heterocycles. The maximum Gasteiger partial charge on any atom is 0.268 e. The van der Waals surface area contributed by atoms with Crippen molar-refractivity contribution in [3.63, 3.8) is 0 Å². The van der Waals surface area contributed by atoms with E-state index in [0.29, 0.717) is 29.9 Å². The Morgan fingerprint density at radius 2 is 1.53 bits per heavy atom. The highest BCUT2D eigenvalue weighted by atomic mass is 32.2. The molecule has 0 radical (unpaired) electrons. The lowest BCUT2D eigenvalue weighted by Crippen LogP contribution is -2.49. The average molecular weight is 639 g/mol. The topological polar surface area (TPSA) is 59.4 Å². The van der Waals surface area contributed by atoms with Gasteiger partial charge >= 0.3 is 0 Å². The van der Waals surface area contributed by atoms with Gasteiger partial charge in [0.1, 0.15) is 11.6 Å². The molecule has 5 aromatic rings. The Labute approximate surface area is 256 Å². The molecule has 0 aliphatic carbocycles. The summed E-state index contributed by atoms with van der Waals surface area (Å²) in [6.45, 7) is 4.05. The fourth-order valence-electron chi connectivity index (χ4n) is 5.90. The Hall–Kier alpha value is -4.51. The van der Waals surface area contributed by atoms with E-state index in [1.54, 1.807) is 37.3 Å². The van der Waals surface area contributed by atoms with Crippen molar-refractivity contribution < 1.29 is 35.2 Å². The van der Waals surface area contributed by atoms with Crippen LogP contribution in [0.15, 0.2) is 89.8 Å². The van der Waals surface area contributed by atoms with Gasteiger partial charge in [-0.3, -0.25) is 4.79 Å². The number of nitrogens with zero attached hydrogens (tertiary/aromatic N) is 2. The molecule has 0 N–H and O–H groups in total. The number of hydrogen-bond donors (Lipinski definition) is 0. The van der Waals surface area contributed by atoms with Crippen LogP contribution in [-0.4, -0.2) is 31.3 Å². The van der Waals surface area contributed by atoms with Crippen LogP contribution in [0.3, 0.4) is 0 Å². The molecule has 2 heterocycles. The first kappa shape index (κ1) is 30.5. The van der Waals surface area contributed by atoms with E-state index in [0.717, 1.165) is 40.4 Å². The van der Waals surface area contributed by atoms with Gasteiger partial charge in [-0.25, -0.2) is 34.3 Å². The van der Waals surface area contributed by atoms with Crippen molar-refractivity contribution in [2.75, 3.05) is 18.0 Å². The van der Waals surface area contributed by atoms with Gasteiger partial charge < -0.3 is 4.90 Å². The summed E-state index contributed by atoms with van der Waals surface area (Å²) >= 11 is 0. The van der Waals surface area contributed by atoms with Crippen molar-refractivity contribution in [3.8, 4) is 22.4 Å². The molecule has 0 spiro atoms. The summed E-state index contributed by atoms with van der Waals surface area (Å²) in [5.41, 5.74) is 0.879. The maximum absolute atomic E-state index is 14.9. The minimum atomic E-state index is -4.57. The lowest BCUT2D eigenvalue weighted by molar-refractivity contribution is -0.121. The SMILES string of the molecule is CC(=O)C1CN(c2cccc(-c3c(-c4c(C)cccc4C(F)F)c4cc(F)ccc4n3S(=O)(=O)c3ccc(C(F)F)cc3)c2)C1. The molecular formula is C34H27F5N2O3S. The van der Waals surface area contributed by atoms with E-state index in [1.807, 2.05) is 4.90 Å². The lowest BCUT2D eigenvalue weighted by atomic mass is 9.90. The number of ketones is 1. The van der Waals surface area contributed by atoms with Crippen LogP contribution in [0.25, 0.3) is 33.3 Å². The summed E-state index contributed by atoms with van der Waals surface area (Å²) in [5, 5.41) is 0.0833. The molecule has 0 saturated carbocycles. The van der Waals surface area contributed by atoms with E-state index in [2.05, 4.69) is 0 Å². The van der Waals surface area contributed by atoms with Crippen LogP contribution in [0.1, 0.15) is 36.5 Å². The van der Waals surface area contributed by atoms with Gasteiger partial charge in [0.05, 0.1) is 22.0 Å². The fourth-order valence-corrected chi connectivity index (χ4v) is 7.45. The number of hydrogen-bond acceptors (Lipinski definition) is 4. The zero-order chi connectivity index (χ0) is 32.2. The largest absolute Gasteiger partial charge is 0.370 e. The number of alkyl halides is 4. The molecule has 5 nitrogen and oxygen atoms in total. The summed E-state index contributed by atoms with van der Waals surface area (Å²) in [4.78, 5) is 13.5. The van der Waals surface area contributed by atoms with E-state index < -0.39 is 28.7 Å². The maximum atomic E-state index is 14.9. The molecule has 0 atom stereocenters. The Kier molecular flexibility index (Phi) is 7.76. The number of aryl methyl sites for hydroxylation is 1. The van der Waals surface area contributed by atoms with Gasteiger partial charge in [-0.1, -0.05) is 42.5 Å². The number of rotatable bonds is 8. The molecule has 4 aromatic carbocycles. The van der Waals surface area contributed by atoms with Gasteiger partial charge in [0.25, 0.3) is 22.9 Å². The predicted molar refractivity (Wildman–Crippen MR) is 163 cm³/mol. The normalized spacial score (nSPS) is 14.0. The third-order valence-corrected chi connectivity index (χ3v) is 10.0. The van der Waals surface area contributed by atoms with Crippen molar-refractivity contribution in [2.24, 2.45) is 5.92 Å². The first-order valence-electron chi connectivity index (χ1n) is 14.1. The van der Waals surface area contributed by atoms with Crippen LogP contribution in [0, 0.1) is 18.7 Å². The first-order valence-corrected chi connectivity index (χ1v) is 15.5. The lowest BCUT2D eigenvalue weighted by Gasteiger charge is -2.39. The van der Waals surface area contributed by atoms with Crippen LogP contribution >= 0.6 is 0 Å². The Bertz CT molecular complexity index is 2050. The Morgan fingerprint density at radius 1 is 0.844 bits per heavy atom. The van der Waals surface area contributed by atoms with E-state index in [9.17, 15) is 35.2 Å². The number of carbonyl (C=O) groups excluding carboxylic acids is 1. The monoisotopic (exact) mass is 638 g/mol. The highest BCUT2D eigenvalue weighted by molar-refractivity contribution is 7.90. The third-order valence-electron chi connectivity index (χ3n) is 8.29. The summed E-state index contributed by atoms with van der Waals surface area (Å²) in [5.74, 6) is -0.798. The highest BCUT2D eigenvalue weighted by Crippen LogP contribution is 2.47. The molecule has 1 aliphatic heterocycles. The molecular weight excluding hydrogens is 611 g/mol. The third kappa shape index (κ3) is 5.28. The number of aromatic nitrogens is 1. The summed E-state index contributed by atoms with van der Waals surface area (Å²) < 4.78 is 100.